The van der Waals surface area contributed by atoms with Crippen LogP contribution in [0.4, 0.5) is 0 Å². The summed E-state index contributed by atoms with van der Waals surface area (Å²) >= 11 is 0. The molecular weight excluding hydrogens is 264 g/mol. The number of hydrogen-bond donors (Lipinski definition) is 1. The van der Waals surface area contributed by atoms with Gasteiger partial charge < -0.3 is 4.74 Å². The summed E-state index contributed by atoms with van der Waals surface area (Å²) in [5, 5.41) is 3.51. The summed E-state index contributed by atoms with van der Waals surface area (Å²) in [7, 11) is 2.15. The van der Waals surface area contributed by atoms with E-state index in [1.165, 1.54) is 12.8 Å². The van der Waals surface area contributed by atoms with Gasteiger partial charge in [-0.05, 0) is 67.3 Å². The molecule has 0 radical (unpaired) electrons. The summed E-state index contributed by atoms with van der Waals surface area (Å²) in [4.78, 5) is 14.8. The second-order valence-corrected chi connectivity index (χ2v) is 7.30. The highest BCUT2D eigenvalue weighted by Gasteiger charge is 2.42. The van der Waals surface area contributed by atoms with E-state index in [4.69, 9.17) is 4.74 Å². The number of hydrogen-bond acceptors (Lipinski definition) is 4. The number of ether oxygens (including phenoxy) is 1. The molecule has 1 saturated carbocycles. The standard InChI is InChI=1S/C17H34N2O2/c1-8-16(4,5)19(7)13(3)12-17(6,15(20)21-9-2)18-14-10-11-14/h13-14,18H,8-12H2,1-7H3. The second kappa shape index (κ2) is 7.10. The highest BCUT2D eigenvalue weighted by Crippen LogP contribution is 2.29. The first-order valence-electron chi connectivity index (χ1n) is 8.34. The van der Waals surface area contributed by atoms with Crippen molar-refractivity contribution >= 4 is 5.97 Å². The molecule has 1 aliphatic carbocycles. The summed E-state index contributed by atoms with van der Waals surface area (Å²) in [6.07, 6.45) is 4.18. The average Bonchev–Trinajstić information content (AvgIpc) is 3.21. The molecule has 1 rings (SSSR count). The van der Waals surface area contributed by atoms with E-state index in [0.29, 0.717) is 18.7 Å². The van der Waals surface area contributed by atoms with Crippen molar-refractivity contribution in [3.05, 3.63) is 0 Å². The van der Waals surface area contributed by atoms with E-state index in [1.54, 1.807) is 0 Å². The molecule has 4 nitrogen and oxygen atoms in total. The Morgan fingerprint density at radius 3 is 2.33 bits per heavy atom. The number of carbonyl (C=O) groups excluding carboxylic acids is 1. The van der Waals surface area contributed by atoms with Gasteiger partial charge in [0.1, 0.15) is 5.54 Å². The minimum atomic E-state index is -0.589. The first kappa shape index (κ1) is 18.4. The van der Waals surface area contributed by atoms with Crippen molar-refractivity contribution in [3.63, 3.8) is 0 Å². The fourth-order valence-corrected chi connectivity index (χ4v) is 2.74. The number of esters is 1. The van der Waals surface area contributed by atoms with Gasteiger partial charge in [-0.1, -0.05) is 6.92 Å². The van der Waals surface area contributed by atoms with Crippen molar-refractivity contribution in [3.8, 4) is 0 Å². The predicted molar refractivity (Wildman–Crippen MR) is 87.4 cm³/mol. The Morgan fingerprint density at radius 1 is 1.33 bits per heavy atom. The van der Waals surface area contributed by atoms with Crippen LogP contribution in [0.25, 0.3) is 0 Å². The van der Waals surface area contributed by atoms with E-state index in [1.807, 2.05) is 13.8 Å². The van der Waals surface area contributed by atoms with Crippen molar-refractivity contribution in [2.45, 2.75) is 90.4 Å². The maximum absolute atomic E-state index is 12.4. The van der Waals surface area contributed by atoms with Crippen LogP contribution in [-0.2, 0) is 9.53 Å². The van der Waals surface area contributed by atoms with E-state index in [2.05, 4.69) is 45.0 Å². The van der Waals surface area contributed by atoms with E-state index in [0.717, 1.165) is 12.8 Å². The molecule has 0 aromatic carbocycles. The molecule has 0 saturated heterocycles. The van der Waals surface area contributed by atoms with E-state index in [9.17, 15) is 4.79 Å². The maximum atomic E-state index is 12.4. The van der Waals surface area contributed by atoms with Gasteiger partial charge in [0.05, 0.1) is 6.61 Å². The van der Waals surface area contributed by atoms with Gasteiger partial charge in [0, 0.05) is 17.6 Å². The monoisotopic (exact) mass is 298 g/mol. The molecule has 1 N–H and O–H groups in total. The Morgan fingerprint density at radius 2 is 1.90 bits per heavy atom. The Balaban J connectivity index is 2.77. The third-order valence-electron chi connectivity index (χ3n) is 5.01. The van der Waals surface area contributed by atoms with Gasteiger partial charge in [0.25, 0.3) is 0 Å². The Kier molecular flexibility index (Phi) is 6.23. The highest BCUT2D eigenvalue weighted by atomic mass is 16.5. The molecule has 0 heterocycles. The first-order valence-corrected chi connectivity index (χ1v) is 8.34. The quantitative estimate of drug-likeness (QED) is 0.665. The van der Waals surface area contributed by atoms with Gasteiger partial charge in [-0.25, -0.2) is 0 Å². The largest absolute Gasteiger partial charge is 0.465 e. The second-order valence-electron chi connectivity index (χ2n) is 7.30. The van der Waals surface area contributed by atoms with E-state index in [-0.39, 0.29) is 11.5 Å². The number of nitrogens with one attached hydrogen (secondary N) is 1. The zero-order valence-corrected chi connectivity index (χ0v) is 15.0. The molecule has 0 aromatic rings. The molecule has 0 aliphatic heterocycles. The highest BCUT2D eigenvalue weighted by molar-refractivity contribution is 5.80. The van der Waals surface area contributed by atoms with Crippen molar-refractivity contribution in [2.75, 3.05) is 13.7 Å². The normalized spacial score (nSPS) is 20.2. The predicted octanol–water partition coefficient (Wildman–Crippen LogP) is 2.96. The number of rotatable bonds is 9. The van der Waals surface area contributed by atoms with Crippen molar-refractivity contribution in [2.24, 2.45) is 0 Å². The lowest BCUT2D eigenvalue weighted by molar-refractivity contribution is -0.151. The van der Waals surface area contributed by atoms with Crippen LogP contribution in [0.2, 0.25) is 0 Å². The zero-order chi connectivity index (χ0) is 16.3. The zero-order valence-electron chi connectivity index (χ0n) is 15.0. The summed E-state index contributed by atoms with van der Waals surface area (Å²) in [6.45, 7) is 13.2. The summed E-state index contributed by atoms with van der Waals surface area (Å²) < 4.78 is 5.31. The lowest BCUT2D eigenvalue weighted by Gasteiger charge is -2.42. The lowest BCUT2D eigenvalue weighted by Crippen LogP contribution is -2.56. The third kappa shape index (κ3) is 4.96. The Labute approximate surface area is 130 Å². The van der Waals surface area contributed by atoms with Gasteiger partial charge in [0.15, 0.2) is 0 Å². The third-order valence-corrected chi connectivity index (χ3v) is 5.01. The molecule has 0 amide bonds. The molecule has 2 unspecified atom stereocenters. The molecule has 0 bridgehead atoms. The smallest absolute Gasteiger partial charge is 0.326 e. The number of carbonyl (C=O) groups is 1. The van der Waals surface area contributed by atoms with Gasteiger partial charge >= 0.3 is 5.97 Å². The molecule has 21 heavy (non-hydrogen) atoms. The maximum Gasteiger partial charge on any atom is 0.326 e. The van der Waals surface area contributed by atoms with E-state index < -0.39 is 5.54 Å². The van der Waals surface area contributed by atoms with Crippen LogP contribution in [-0.4, -0.2) is 47.7 Å². The Hall–Kier alpha value is -0.610. The fourth-order valence-electron chi connectivity index (χ4n) is 2.74. The van der Waals surface area contributed by atoms with Crippen LogP contribution in [0.15, 0.2) is 0 Å². The summed E-state index contributed by atoms with van der Waals surface area (Å²) in [5.74, 6) is -0.119. The fraction of sp³-hybridized carbons (Fsp3) is 0.941. The molecule has 2 atom stereocenters. The topological polar surface area (TPSA) is 41.6 Å². The van der Waals surface area contributed by atoms with Crippen LogP contribution < -0.4 is 5.32 Å². The van der Waals surface area contributed by atoms with E-state index >= 15 is 0 Å². The summed E-state index contributed by atoms with van der Waals surface area (Å²) in [6, 6.07) is 0.789. The molecule has 4 heteroatoms. The average molecular weight is 298 g/mol. The minimum Gasteiger partial charge on any atom is -0.465 e. The van der Waals surface area contributed by atoms with Crippen molar-refractivity contribution < 1.29 is 9.53 Å². The lowest BCUT2D eigenvalue weighted by atomic mass is 9.89. The molecular formula is C17H34N2O2. The Bertz CT molecular complexity index is 353. The first-order chi connectivity index (χ1) is 9.66. The van der Waals surface area contributed by atoms with Gasteiger partial charge in [-0.2, -0.15) is 0 Å². The van der Waals surface area contributed by atoms with Crippen molar-refractivity contribution in [1.29, 1.82) is 0 Å². The van der Waals surface area contributed by atoms with Gasteiger partial charge in [-0.3, -0.25) is 15.0 Å². The molecule has 0 aromatic heterocycles. The summed E-state index contributed by atoms with van der Waals surface area (Å²) in [5.41, 5.74) is -0.455. The van der Waals surface area contributed by atoms with Gasteiger partial charge in [-0.15, -0.1) is 0 Å². The number of nitrogens with zero attached hydrogens (tertiary/aromatic N) is 1. The van der Waals surface area contributed by atoms with Gasteiger partial charge in [0.2, 0.25) is 0 Å². The molecule has 0 spiro atoms. The van der Waals surface area contributed by atoms with Crippen LogP contribution in [0.5, 0.6) is 0 Å². The molecule has 124 valence electrons. The molecule has 1 fully saturated rings. The van der Waals surface area contributed by atoms with Crippen LogP contribution in [0.3, 0.4) is 0 Å². The van der Waals surface area contributed by atoms with Crippen molar-refractivity contribution in [1.82, 2.24) is 10.2 Å². The van der Waals surface area contributed by atoms with Crippen LogP contribution in [0, 0.1) is 0 Å². The van der Waals surface area contributed by atoms with Crippen LogP contribution in [0.1, 0.15) is 67.2 Å². The SMILES string of the molecule is CCOC(=O)C(C)(CC(C)N(C)C(C)(C)CC)NC1CC1. The minimum absolute atomic E-state index is 0.119. The van der Waals surface area contributed by atoms with Crippen LogP contribution >= 0.6 is 0 Å². The molecule has 1 aliphatic rings.